The first-order valence-electron chi connectivity index (χ1n) is 8.47. The fourth-order valence-electron chi connectivity index (χ4n) is 2.57. The third-order valence-electron chi connectivity index (χ3n) is 3.96. The number of nitrogens with zero attached hydrogens (tertiary/aromatic N) is 1. The molecule has 0 aliphatic rings. The third kappa shape index (κ3) is 4.91. The number of hydrogen-bond acceptors (Lipinski definition) is 6. The normalized spacial score (nSPS) is 10.7. The molecule has 0 aliphatic heterocycles. The maximum absolute atomic E-state index is 12.3. The Labute approximate surface area is 175 Å². The molecule has 29 heavy (non-hydrogen) atoms. The maximum atomic E-state index is 12.3. The van der Waals surface area contributed by atoms with Crippen LogP contribution in [-0.2, 0) is 4.74 Å². The predicted molar refractivity (Wildman–Crippen MR) is 111 cm³/mol. The average molecular weight is 457 g/mol. The second kappa shape index (κ2) is 9.20. The molecule has 1 amide bonds. The van der Waals surface area contributed by atoms with Crippen LogP contribution in [-0.4, -0.2) is 32.3 Å². The molecule has 3 rings (SSSR count). The van der Waals surface area contributed by atoms with E-state index in [2.05, 4.69) is 26.5 Å². The van der Waals surface area contributed by atoms with Crippen LogP contribution >= 0.6 is 15.9 Å². The number of esters is 1. The van der Waals surface area contributed by atoms with Crippen molar-refractivity contribution in [2.45, 2.75) is 0 Å². The number of carbonyl (C=O) groups is 2. The van der Waals surface area contributed by atoms with E-state index in [0.717, 1.165) is 10.0 Å². The molecule has 0 radical (unpaired) electrons. The van der Waals surface area contributed by atoms with Gasteiger partial charge >= 0.3 is 5.97 Å². The zero-order valence-corrected chi connectivity index (χ0v) is 17.2. The van der Waals surface area contributed by atoms with E-state index < -0.39 is 11.9 Å². The van der Waals surface area contributed by atoms with E-state index in [1.54, 1.807) is 48.5 Å². The second-order valence-corrected chi connectivity index (χ2v) is 6.73. The molecular formula is C21H17BrN2O5. The molecule has 0 bridgehead atoms. The van der Waals surface area contributed by atoms with Gasteiger partial charge in [0.25, 0.3) is 5.91 Å². The molecule has 2 aromatic carbocycles. The summed E-state index contributed by atoms with van der Waals surface area (Å²) < 4.78 is 16.4. The van der Waals surface area contributed by atoms with Gasteiger partial charge in [0.1, 0.15) is 17.3 Å². The summed E-state index contributed by atoms with van der Waals surface area (Å²) in [7, 11) is 2.82. The number of hydrogen-bond donors (Lipinski definition) is 1. The lowest BCUT2D eigenvalue weighted by molar-refractivity contribution is 0.0600. The SMILES string of the molecule is COC(=O)c1cccc(-c2ccc(/C=N\NC(=O)c3cc(Br)ccc3OC)o2)c1. The van der Waals surface area contributed by atoms with E-state index in [1.165, 1.54) is 20.4 Å². The van der Waals surface area contributed by atoms with Crippen LogP contribution in [0.1, 0.15) is 26.5 Å². The largest absolute Gasteiger partial charge is 0.496 e. The highest BCUT2D eigenvalue weighted by Crippen LogP contribution is 2.24. The lowest BCUT2D eigenvalue weighted by Gasteiger charge is -2.07. The average Bonchev–Trinajstić information content (AvgIpc) is 3.22. The molecule has 0 spiro atoms. The third-order valence-corrected chi connectivity index (χ3v) is 4.45. The van der Waals surface area contributed by atoms with Crippen LogP contribution < -0.4 is 10.2 Å². The number of halogens is 1. The predicted octanol–water partition coefficient (Wildman–Crippen LogP) is 4.27. The number of nitrogens with one attached hydrogen (secondary N) is 1. The Morgan fingerprint density at radius 2 is 1.93 bits per heavy atom. The van der Waals surface area contributed by atoms with Crippen LogP contribution in [0.5, 0.6) is 5.75 Å². The van der Waals surface area contributed by atoms with E-state index in [0.29, 0.717) is 28.4 Å². The van der Waals surface area contributed by atoms with Gasteiger partial charge in [-0.2, -0.15) is 5.10 Å². The standard InChI is InChI=1S/C21H17BrN2O5/c1-27-19-8-6-15(22)11-17(19)20(25)24-23-12-16-7-9-18(29-16)13-4-3-5-14(10-13)21(26)28-2/h3-12H,1-2H3,(H,24,25)/b23-12-. The monoisotopic (exact) mass is 456 g/mol. The second-order valence-electron chi connectivity index (χ2n) is 5.82. The summed E-state index contributed by atoms with van der Waals surface area (Å²) in [5, 5.41) is 3.93. The highest BCUT2D eigenvalue weighted by atomic mass is 79.9. The highest BCUT2D eigenvalue weighted by Gasteiger charge is 2.12. The van der Waals surface area contributed by atoms with Crippen LogP contribution in [0.25, 0.3) is 11.3 Å². The van der Waals surface area contributed by atoms with Gasteiger partial charge in [0.05, 0.1) is 31.6 Å². The fraction of sp³-hybridized carbons (Fsp3) is 0.0952. The molecule has 148 valence electrons. The number of rotatable bonds is 6. The molecule has 0 saturated heterocycles. The van der Waals surface area contributed by atoms with Crippen molar-refractivity contribution in [2.24, 2.45) is 5.10 Å². The molecule has 0 atom stereocenters. The Bertz CT molecular complexity index is 1070. The zero-order valence-electron chi connectivity index (χ0n) is 15.6. The molecule has 0 unspecified atom stereocenters. The minimum Gasteiger partial charge on any atom is -0.496 e. The summed E-state index contributed by atoms with van der Waals surface area (Å²) in [6.07, 6.45) is 1.38. The van der Waals surface area contributed by atoms with Gasteiger partial charge in [0, 0.05) is 10.0 Å². The van der Waals surface area contributed by atoms with Crippen LogP contribution in [0.3, 0.4) is 0 Å². The Morgan fingerprint density at radius 1 is 1.10 bits per heavy atom. The molecule has 0 saturated carbocycles. The quantitative estimate of drug-likeness (QED) is 0.339. The molecule has 0 fully saturated rings. The Balaban J connectivity index is 1.71. The smallest absolute Gasteiger partial charge is 0.337 e. The number of amides is 1. The maximum Gasteiger partial charge on any atom is 0.337 e. The number of furan rings is 1. The van der Waals surface area contributed by atoms with Crippen molar-refractivity contribution in [2.75, 3.05) is 14.2 Å². The summed E-state index contributed by atoms with van der Waals surface area (Å²) >= 11 is 3.32. The van der Waals surface area contributed by atoms with Gasteiger partial charge in [-0.15, -0.1) is 0 Å². The minimum atomic E-state index is -0.425. The number of methoxy groups -OCH3 is 2. The topological polar surface area (TPSA) is 90.1 Å². The van der Waals surface area contributed by atoms with Crippen molar-refractivity contribution >= 4 is 34.0 Å². The molecular weight excluding hydrogens is 440 g/mol. The van der Waals surface area contributed by atoms with Gasteiger partial charge in [0.2, 0.25) is 0 Å². The number of carbonyl (C=O) groups excluding carboxylic acids is 2. The van der Waals surface area contributed by atoms with Crippen molar-refractivity contribution in [1.82, 2.24) is 5.43 Å². The van der Waals surface area contributed by atoms with Crippen LogP contribution in [0.15, 0.2) is 68.6 Å². The molecule has 8 heteroatoms. The highest BCUT2D eigenvalue weighted by molar-refractivity contribution is 9.10. The number of hydrazone groups is 1. The van der Waals surface area contributed by atoms with Crippen molar-refractivity contribution < 1.29 is 23.5 Å². The summed E-state index contributed by atoms with van der Waals surface area (Å²) in [4.78, 5) is 24.0. The van der Waals surface area contributed by atoms with Gasteiger partial charge < -0.3 is 13.9 Å². The summed E-state index contributed by atoms with van der Waals surface area (Å²) in [6.45, 7) is 0. The first-order valence-corrected chi connectivity index (χ1v) is 9.26. The summed E-state index contributed by atoms with van der Waals surface area (Å²) in [5.41, 5.74) is 3.93. The lowest BCUT2D eigenvalue weighted by Crippen LogP contribution is -2.18. The van der Waals surface area contributed by atoms with Gasteiger partial charge in [-0.05, 0) is 42.5 Å². The Hall–Kier alpha value is -3.39. The van der Waals surface area contributed by atoms with Crippen LogP contribution in [0.4, 0.5) is 0 Å². The molecule has 7 nitrogen and oxygen atoms in total. The van der Waals surface area contributed by atoms with E-state index in [1.807, 2.05) is 6.07 Å². The zero-order chi connectivity index (χ0) is 20.8. The van der Waals surface area contributed by atoms with Crippen molar-refractivity contribution in [3.8, 4) is 17.1 Å². The minimum absolute atomic E-state index is 0.346. The number of benzene rings is 2. The lowest BCUT2D eigenvalue weighted by atomic mass is 10.1. The molecule has 1 N–H and O–H groups in total. The van der Waals surface area contributed by atoms with E-state index in [9.17, 15) is 9.59 Å². The molecule has 3 aromatic rings. The summed E-state index contributed by atoms with van der Waals surface area (Å²) in [5.74, 6) is 0.580. The van der Waals surface area contributed by atoms with Gasteiger partial charge in [-0.25, -0.2) is 10.2 Å². The molecule has 0 aliphatic carbocycles. The van der Waals surface area contributed by atoms with E-state index in [-0.39, 0.29) is 0 Å². The first-order chi connectivity index (χ1) is 14.0. The van der Waals surface area contributed by atoms with Gasteiger partial charge in [-0.3, -0.25) is 4.79 Å². The fourth-order valence-corrected chi connectivity index (χ4v) is 2.93. The number of ether oxygens (including phenoxy) is 2. The first kappa shape index (κ1) is 20.3. The van der Waals surface area contributed by atoms with Crippen LogP contribution in [0, 0.1) is 0 Å². The van der Waals surface area contributed by atoms with Crippen molar-refractivity contribution in [1.29, 1.82) is 0 Å². The Kier molecular flexibility index (Phi) is 6.46. The van der Waals surface area contributed by atoms with Gasteiger partial charge in [0.15, 0.2) is 0 Å². The van der Waals surface area contributed by atoms with Crippen molar-refractivity contribution in [3.63, 3.8) is 0 Å². The van der Waals surface area contributed by atoms with E-state index in [4.69, 9.17) is 13.9 Å². The molecule has 1 heterocycles. The van der Waals surface area contributed by atoms with Crippen molar-refractivity contribution in [3.05, 3.63) is 76.0 Å². The van der Waals surface area contributed by atoms with E-state index >= 15 is 0 Å². The Morgan fingerprint density at radius 3 is 2.69 bits per heavy atom. The summed E-state index contributed by atoms with van der Waals surface area (Å²) in [6, 6.07) is 15.4. The molecule has 1 aromatic heterocycles. The van der Waals surface area contributed by atoms with Crippen LogP contribution in [0.2, 0.25) is 0 Å². The van der Waals surface area contributed by atoms with Gasteiger partial charge in [-0.1, -0.05) is 28.1 Å².